The number of fused-ring (bicyclic) bond motifs is 1. The van der Waals surface area contributed by atoms with Crippen molar-refractivity contribution in [1.82, 2.24) is 14.5 Å². The van der Waals surface area contributed by atoms with E-state index in [1.165, 1.54) is 0 Å². The highest BCUT2D eigenvalue weighted by Gasteiger charge is 2.19. The van der Waals surface area contributed by atoms with Crippen LogP contribution in [0.25, 0.3) is 22.4 Å². The average molecular weight is 426 g/mol. The maximum atomic E-state index is 13.6. The fourth-order valence-electron chi connectivity index (χ4n) is 3.19. The van der Waals surface area contributed by atoms with Gasteiger partial charge in [-0.25, -0.2) is 9.97 Å². The first-order chi connectivity index (χ1) is 14.4. The van der Waals surface area contributed by atoms with Crippen molar-refractivity contribution in [3.05, 3.63) is 64.6 Å². The highest BCUT2D eigenvalue weighted by atomic mass is 32.1. The highest BCUT2D eigenvalue weighted by Crippen LogP contribution is 2.30. The monoisotopic (exact) mass is 426 g/mol. The molecule has 0 aliphatic rings. The molecule has 0 bridgehead atoms. The van der Waals surface area contributed by atoms with Gasteiger partial charge in [0.25, 0.3) is 0 Å². The molecule has 1 amide bonds. The largest absolute Gasteiger partial charge is 0.326 e. The minimum absolute atomic E-state index is 0.178. The summed E-state index contributed by atoms with van der Waals surface area (Å²) < 4.78 is 28.2. The van der Waals surface area contributed by atoms with Gasteiger partial charge in [-0.05, 0) is 36.4 Å². The lowest BCUT2D eigenvalue weighted by Gasteiger charge is -2.09. The van der Waals surface area contributed by atoms with Crippen LogP contribution in [0.15, 0.2) is 53.9 Å². The van der Waals surface area contributed by atoms with Gasteiger partial charge in [-0.2, -0.15) is 8.78 Å². The summed E-state index contributed by atoms with van der Waals surface area (Å²) in [5.41, 5.74) is 2.76. The van der Waals surface area contributed by atoms with Gasteiger partial charge in [-0.3, -0.25) is 9.36 Å². The molecule has 2 aromatic carbocycles. The molecule has 0 atom stereocenters. The molecule has 8 heteroatoms. The maximum absolute atomic E-state index is 13.6. The number of nitrogens with one attached hydrogen (secondary N) is 1. The van der Waals surface area contributed by atoms with E-state index in [9.17, 15) is 13.6 Å². The van der Waals surface area contributed by atoms with E-state index in [4.69, 9.17) is 0 Å². The summed E-state index contributed by atoms with van der Waals surface area (Å²) in [5, 5.41) is 5.72. The number of hydrogen-bond donors (Lipinski definition) is 1. The first-order valence-electron chi connectivity index (χ1n) is 9.52. The van der Waals surface area contributed by atoms with E-state index in [1.807, 2.05) is 5.38 Å². The Balaban J connectivity index is 1.51. The Hall–Kier alpha value is -3.13. The number of halogens is 2. The lowest BCUT2D eigenvalue weighted by Crippen LogP contribution is -2.14. The first kappa shape index (κ1) is 20.2. The molecule has 4 rings (SSSR count). The molecule has 0 radical (unpaired) electrons. The zero-order valence-electron chi connectivity index (χ0n) is 16.5. The van der Waals surface area contributed by atoms with E-state index in [0.717, 1.165) is 15.3 Å². The smallest absolute Gasteiger partial charge is 0.320 e. The molecule has 2 aromatic heterocycles. The second-order valence-electron chi connectivity index (χ2n) is 7.21. The van der Waals surface area contributed by atoms with Gasteiger partial charge < -0.3 is 5.32 Å². The minimum atomic E-state index is -2.71. The molecule has 154 valence electrons. The van der Waals surface area contributed by atoms with Crippen molar-refractivity contribution in [2.24, 2.45) is 0 Å². The lowest BCUT2D eigenvalue weighted by atomic mass is 10.2. The van der Waals surface area contributed by atoms with E-state index in [-0.39, 0.29) is 18.2 Å². The number of para-hydroxylation sites is 2. The number of rotatable bonds is 6. The van der Waals surface area contributed by atoms with Crippen LogP contribution in [0, 0.1) is 0 Å². The van der Waals surface area contributed by atoms with Crippen LogP contribution in [0.5, 0.6) is 0 Å². The van der Waals surface area contributed by atoms with Crippen molar-refractivity contribution < 1.29 is 13.6 Å². The number of hydrogen-bond acceptors (Lipinski definition) is 4. The summed E-state index contributed by atoms with van der Waals surface area (Å²) in [5.74, 6) is 0.340. The molecule has 0 aliphatic heterocycles. The van der Waals surface area contributed by atoms with Crippen LogP contribution in [0.1, 0.15) is 37.0 Å². The number of amides is 1. The second kappa shape index (κ2) is 8.31. The molecule has 0 unspecified atom stereocenters. The number of alkyl halides is 2. The number of benzene rings is 2. The predicted molar refractivity (Wildman–Crippen MR) is 115 cm³/mol. The van der Waals surface area contributed by atoms with Crippen molar-refractivity contribution in [3.63, 3.8) is 0 Å². The molecule has 0 spiro atoms. The SMILES string of the molecule is CC(C)c1nc(CC(=O)Nc2ccc(-c3nc4ccccc4n3C(F)F)cc2)cs1. The predicted octanol–water partition coefficient (Wildman–Crippen LogP) is 5.86. The Labute approximate surface area is 176 Å². The van der Waals surface area contributed by atoms with E-state index >= 15 is 0 Å². The number of nitrogens with zero attached hydrogens (tertiary/aromatic N) is 3. The normalized spacial score (nSPS) is 11.5. The first-order valence-corrected chi connectivity index (χ1v) is 10.4. The average Bonchev–Trinajstić information content (AvgIpc) is 3.33. The van der Waals surface area contributed by atoms with E-state index in [0.29, 0.717) is 28.2 Å². The van der Waals surface area contributed by atoms with Crippen LogP contribution in [-0.2, 0) is 11.2 Å². The minimum Gasteiger partial charge on any atom is -0.326 e. The molecule has 30 heavy (non-hydrogen) atoms. The summed E-state index contributed by atoms with van der Waals surface area (Å²) in [6.07, 6.45) is 0.187. The fourth-order valence-corrected chi connectivity index (χ4v) is 4.02. The Morgan fingerprint density at radius 1 is 1.10 bits per heavy atom. The molecule has 1 N–H and O–H groups in total. The quantitative estimate of drug-likeness (QED) is 0.420. The summed E-state index contributed by atoms with van der Waals surface area (Å²) >= 11 is 1.55. The van der Waals surface area contributed by atoms with Crippen LogP contribution < -0.4 is 5.32 Å². The molecule has 4 aromatic rings. The molecule has 0 saturated heterocycles. The van der Waals surface area contributed by atoms with Crippen LogP contribution >= 0.6 is 11.3 Å². The number of imidazole rings is 1. The van der Waals surface area contributed by atoms with Gasteiger partial charge in [0.2, 0.25) is 5.91 Å². The number of carbonyl (C=O) groups excluding carboxylic acids is 1. The van der Waals surface area contributed by atoms with Crippen LogP contribution in [0.3, 0.4) is 0 Å². The van der Waals surface area contributed by atoms with Gasteiger partial charge in [0.15, 0.2) is 0 Å². The van der Waals surface area contributed by atoms with Crippen LogP contribution in [0.4, 0.5) is 14.5 Å². The van der Waals surface area contributed by atoms with Crippen molar-refractivity contribution in [2.45, 2.75) is 32.7 Å². The third-order valence-corrected chi connectivity index (χ3v) is 5.82. The molecule has 2 heterocycles. The van der Waals surface area contributed by atoms with Gasteiger partial charge in [-0.15, -0.1) is 11.3 Å². The number of aromatic nitrogens is 3. The summed E-state index contributed by atoms with van der Waals surface area (Å²) in [4.78, 5) is 21.1. The number of anilines is 1. The third-order valence-electron chi connectivity index (χ3n) is 4.62. The Morgan fingerprint density at radius 2 is 1.83 bits per heavy atom. The van der Waals surface area contributed by atoms with Crippen molar-refractivity contribution in [2.75, 3.05) is 5.32 Å². The van der Waals surface area contributed by atoms with Crippen LogP contribution in [0.2, 0.25) is 0 Å². The summed E-state index contributed by atoms with van der Waals surface area (Å²) in [6, 6.07) is 13.5. The zero-order chi connectivity index (χ0) is 21.3. The number of thiazole rings is 1. The summed E-state index contributed by atoms with van der Waals surface area (Å²) in [6.45, 7) is 1.42. The molecule has 0 saturated carbocycles. The molecular formula is C22H20F2N4OS. The van der Waals surface area contributed by atoms with Gasteiger partial charge >= 0.3 is 6.55 Å². The Bertz CT molecular complexity index is 1180. The molecule has 0 fully saturated rings. The van der Waals surface area contributed by atoms with Crippen LogP contribution in [-0.4, -0.2) is 20.4 Å². The molecule has 5 nitrogen and oxygen atoms in total. The van der Waals surface area contributed by atoms with Gasteiger partial charge in [0.1, 0.15) is 5.82 Å². The molecule has 0 aliphatic carbocycles. The highest BCUT2D eigenvalue weighted by molar-refractivity contribution is 7.09. The number of carbonyl (C=O) groups is 1. The van der Waals surface area contributed by atoms with Crippen molar-refractivity contribution in [3.8, 4) is 11.4 Å². The van der Waals surface area contributed by atoms with Gasteiger partial charge in [-0.1, -0.05) is 26.0 Å². The van der Waals surface area contributed by atoms with Gasteiger partial charge in [0, 0.05) is 22.5 Å². The zero-order valence-corrected chi connectivity index (χ0v) is 17.3. The standard InChI is InChI=1S/C22H20F2N4OS/c1-13(2)21-26-16(12-30-21)11-19(29)25-15-9-7-14(8-10-15)20-27-17-5-3-4-6-18(17)28(20)22(23)24/h3-10,12-13,22H,11H2,1-2H3,(H,25,29). The summed E-state index contributed by atoms with van der Waals surface area (Å²) in [7, 11) is 0. The molecular weight excluding hydrogens is 406 g/mol. The second-order valence-corrected chi connectivity index (χ2v) is 8.10. The topological polar surface area (TPSA) is 59.8 Å². The van der Waals surface area contributed by atoms with E-state index in [1.54, 1.807) is 59.9 Å². The van der Waals surface area contributed by atoms with E-state index < -0.39 is 6.55 Å². The fraction of sp³-hybridized carbons (Fsp3) is 0.227. The maximum Gasteiger partial charge on any atom is 0.320 e. The lowest BCUT2D eigenvalue weighted by molar-refractivity contribution is -0.115. The third kappa shape index (κ3) is 4.09. The Morgan fingerprint density at radius 3 is 2.50 bits per heavy atom. The van der Waals surface area contributed by atoms with Crippen molar-refractivity contribution >= 4 is 34.0 Å². The Kier molecular flexibility index (Phi) is 5.59. The van der Waals surface area contributed by atoms with Crippen molar-refractivity contribution in [1.29, 1.82) is 0 Å². The van der Waals surface area contributed by atoms with E-state index in [2.05, 4.69) is 29.1 Å². The van der Waals surface area contributed by atoms with Gasteiger partial charge in [0.05, 0.1) is 28.2 Å².